The number of rotatable bonds is 5. The van der Waals surface area contributed by atoms with Crippen LogP contribution in [0.3, 0.4) is 0 Å². The minimum absolute atomic E-state index is 0.581. The van der Waals surface area contributed by atoms with Crippen molar-refractivity contribution in [1.82, 2.24) is 5.32 Å². The molecule has 0 radical (unpaired) electrons. The SMILES string of the molecule is C=C(C)/C=C\C(C(=C)C)=C(C)C.CNCc1ccc(C(F)(F)F)cc1. The molecule has 1 N–H and O–H groups in total. The van der Waals surface area contributed by atoms with Gasteiger partial charge in [0, 0.05) is 6.54 Å². The summed E-state index contributed by atoms with van der Waals surface area (Å²) in [6.45, 7) is 16.5. The lowest BCUT2D eigenvalue weighted by atomic mass is 10.0. The van der Waals surface area contributed by atoms with Crippen molar-refractivity contribution in [3.63, 3.8) is 0 Å². The average Bonchev–Trinajstić information content (AvgIpc) is 2.47. The molecule has 0 aromatic heterocycles. The largest absolute Gasteiger partial charge is 0.416 e. The summed E-state index contributed by atoms with van der Waals surface area (Å²) in [5.41, 5.74) is 4.92. The van der Waals surface area contributed by atoms with E-state index in [0.29, 0.717) is 6.54 Å². The second-order valence-electron chi connectivity index (χ2n) is 6.10. The highest BCUT2D eigenvalue weighted by Gasteiger charge is 2.29. The van der Waals surface area contributed by atoms with E-state index in [9.17, 15) is 13.2 Å². The van der Waals surface area contributed by atoms with Gasteiger partial charge in [-0.2, -0.15) is 13.2 Å². The number of hydrogen-bond acceptors (Lipinski definition) is 1. The molecule has 1 rings (SSSR count). The summed E-state index contributed by atoms with van der Waals surface area (Å²) in [4.78, 5) is 0. The maximum atomic E-state index is 12.1. The van der Waals surface area contributed by atoms with E-state index in [4.69, 9.17) is 0 Å². The summed E-state index contributed by atoms with van der Waals surface area (Å²) in [6.07, 6.45) is -0.158. The van der Waals surface area contributed by atoms with Gasteiger partial charge in [-0.05, 0) is 58.0 Å². The van der Waals surface area contributed by atoms with Crippen LogP contribution < -0.4 is 5.32 Å². The molecule has 4 heteroatoms. The number of halogens is 3. The third-order valence-corrected chi connectivity index (χ3v) is 3.20. The molecule has 0 aliphatic carbocycles. The predicted molar refractivity (Wildman–Crippen MR) is 101 cm³/mol. The van der Waals surface area contributed by atoms with Crippen LogP contribution in [0.15, 0.2) is 71.9 Å². The quantitative estimate of drug-likeness (QED) is 0.601. The lowest BCUT2D eigenvalue weighted by Crippen LogP contribution is -2.07. The highest BCUT2D eigenvalue weighted by Crippen LogP contribution is 2.28. The lowest BCUT2D eigenvalue weighted by molar-refractivity contribution is -0.137. The van der Waals surface area contributed by atoms with Crippen molar-refractivity contribution >= 4 is 0 Å². The smallest absolute Gasteiger partial charge is 0.316 e. The summed E-state index contributed by atoms with van der Waals surface area (Å²) < 4.78 is 36.3. The molecule has 0 bridgehead atoms. The Morgan fingerprint density at radius 2 is 1.52 bits per heavy atom. The van der Waals surface area contributed by atoms with Crippen molar-refractivity contribution < 1.29 is 13.2 Å². The standard InChI is InChI=1S/C12H18.C9H10F3N/c1-9(2)7-8-12(10(3)4)11(5)6;1-13-6-7-2-4-8(5-3-7)9(10,11)12/h7-8H,1,3H2,2,4-6H3;2-5,13H,6H2,1H3/b8-7-;. The Labute approximate surface area is 149 Å². The van der Waals surface area contributed by atoms with Crippen molar-refractivity contribution in [3.8, 4) is 0 Å². The number of hydrogen-bond donors (Lipinski definition) is 1. The highest BCUT2D eigenvalue weighted by atomic mass is 19.4. The molecule has 1 nitrogen and oxygen atoms in total. The van der Waals surface area contributed by atoms with Gasteiger partial charge >= 0.3 is 6.18 Å². The van der Waals surface area contributed by atoms with Crippen molar-refractivity contribution in [2.24, 2.45) is 0 Å². The molecule has 0 heterocycles. The monoisotopic (exact) mass is 351 g/mol. The van der Waals surface area contributed by atoms with Crippen LogP contribution in [0.2, 0.25) is 0 Å². The van der Waals surface area contributed by atoms with Crippen LogP contribution in [0.4, 0.5) is 13.2 Å². The Kier molecular flexibility index (Phi) is 9.84. The summed E-state index contributed by atoms with van der Waals surface area (Å²) >= 11 is 0. The van der Waals surface area contributed by atoms with Crippen LogP contribution in [-0.4, -0.2) is 7.05 Å². The number of allylic oxidation sites excluding steroid dienone is 6. The molecule has 0 fully saturated rings. The average molecular weight is 351 g/mol. The molecule has 1 aromatic carbocycles. The van der Waals surface area contributed by atoms with Crippen LogP contribution in [-0.2, 0) is 12.7 Å². The van der Waals surface area contributed by atoms with E-state index in [1.54, 1.807) is 7.05 Å². The Bertz CT molecular complexity index is 628. The summed E-state index contributed by atoms with van der Waals surface area (Å²) in [5, 5.41) is 2.86. The summed E-state index contributed by atoms with van der Waals surface area (Å²) in [6, 6.07) is 5.12. The Hall–Kier alpha value is -2.07. The zero-order chi connectivity index (χ0) is 19.6. The molecular weight excluding hydrogens is 323 g/mol. The van der Waals surface area contributed by atoms with Gasteiger partial charge in [0.2, 0.25) is 0 Å². The van der Waals surface area contributed by atoms with E-state index in [-0.39, 0.29) is 0 Å². The van der Waals surface area contributed by atoms with Crippen LogP contribution in [0, 0.1) is 0 Å². The molecule has 0 aliphatic rings. The first-order valence-electron chi connectivity index (χ1n) is 7.96. The van der Waals surface area contributed by atoms with Gasteiger partial charge in [0.1, 0.15) is 0 Å². The minimum atomic E-state index is -4.24. The van der Waals surface area contributed by atoms with Gasteiger partial charge in [-0.3, -0.25) is 0 Å². The molecule has 0 atom stereocenters. The third-order valence-electron chi connectivity index (χ3n) is 3.20. The first-order valence-corrected chi connectivity index (χ1v) is 7.96. The second-order valence-corrected chi connectivity index (χ2v) is 6.10. The van der Waals surface area contributed by atoms with E-state index in [0.717, 1.165) is 28.8 Å². The fourth-order valence-corrected chi connectivity index (χ4v) is 1.98. The van der Waals surface area contributed by atoms with Gasteiger partial charge in [-0.25, -0.2) is 0 Å². The van der Waals surface area contributed by atoms with Gasteiger partial charge in [-0.1, -0.05) is 54.2 Å². The molecule has 0 aliphatic heterocycles. The Morgan fingerprint density at radius 1 is 1.00 bits per heavy atom. The van der Waals surface area contributed by atoms with Gasteiger partial charge < -0.3 is 5.32 Å². The normalized spacial score (nSPS) is 10.9. The topological polar surface area (TPSA) is 12.0 Å². The van der Waals surface area contributed by atoms with Crippen molar-refractivity contribution in [2.75, 3.05) is 7.05 Å². The predicted octanol–water partition coefficient (Wildman–Crippen LogP) is 6.46. The lowest BCUT2D eigenvalue weighted by Gasteiger charge is -2.06. The first kappa shape index (κ1) is 22.9. The number of benzene rings is 1. The van der Waals surface area contributed by atoms with E-state index in [1.165, 1.54) is 23.3 Å². The van der Waals surface area contributed by atoms with Crippen molar-refractivity contribution in [1.29, 1.82) is 0 Å². The second kappa shape index (κ2) is 10.7. The van der Waals surface area contributed by atoms with Crippen LogP contribution in [0.5, 0.6) is 0 Å². The molecule has 0 unspecified atom stereocenters. The Balaban J connectivity index is 0.000000463. The molecule has 0 spiro atoms. The first-order chi connectivity index (χ1) is 11.5. The number of nitrogens with one attached hydrogen (secondary N) is 1. The fourth-order valence-electron chi connectivity index (χ4n) is 1.98. The Morgan fingerprint density at radius 3 is 1.84 bits per heavy atom. The van der Waals surface area contributed by atoms with Crippen LogP contribution in [0.1, 0.15) is 38.8 Å². The van der Waals surface area contributed by atoms with E-state index in [2.05, 4.69) is 38.4 Å². The van der Waals surface area contributed by atoms with Crippen LogP contribution >= 0.6 is 0 Å². The van der Waals surface area contributed by atoms with Crippen LogP contribution in [0.25, 0.3) is 0 Å². The number of alkyl halides is 3. The molecule has 25 heavy (non-hydrogen) atoms. The van der Waals surface area contributed by atoms with Gasteiger partial charge in [0.25, 0.3) is 0 Å². The zero-order valence-electron chi connectivity index (χ0n) is 15.7. The summed E-state index contributed by atoms with van der Waals surface area (Å²) in [5.74, 6) is 0. The van der Waals surface area contributed by atoms with E-state index < -0.39 is 11.7 Å². The van der Waals surface area contributed by atoms with E-state index in [1.807, 2.05) is 19.9 Å². The molecule has 1 aromatic rings. The maximum Gasteiger partial charge on any atom is 0.416 e. The van der Waals surface area contributed by atoms with Crippen molar-refractivity contribution in [2.45, 2.75) is 40.4 Å². The van der Waals surface area contributed by atoms with Crippen molar-refractivity contribution in [3.05, 3.63) is 83.0 Å². The summed E-state index contributed by atoms with van der Waals surface area (Å²) in [7, 11) is 1.75. The van der Waals surface area contributed by atoms with Gasteiger partial charge in [-0.15, -0.1) is 0 Å². The minimum Gasteiger partial charge on any atom is -0.316 e. The van der Waals surface area contributed by atoms with E-state index >= 15 is 0 Å². The molecule has 0 saturated carbocycles. The van der Waals surface area contributed by atoms with Gasteiger partial charge in [0.05, 0.1) is 5.56 Å². The zero-order valence-corrected chi connectivity index (χ0v) is 15.7. The fraction of sp³-hybridized carbons (Fsp3) is 0.333. The molecule has 0 amide bonds. The maximum absolute atomic E-state index is 12.1. The third kappa shape index (κ3) is 9.72. The highest BCUT2D eigenvalue weighted by molar-refractivity contribution is 5.41. The molecule has 0 saturated heterocycles. The van der Waals surface area contributed by atoms with Gasteiger partial charge in [0.15, 0.2) is 0 Å². The molecular formula is C21H28F3N. The molecule has 138 valence electrons.